The molecule has 0 aliphatic heterocycles. The van der Waals surface area contributed by atoms with Gasteiger partial charge in [-0.05, 0) is 61.9 Å². The number of hydrogen-bond acceptors (Lipinski definition) is 4. The Hall–Kier alpha value is -2.78. The van der Waals surface area contributed by atoms with E-state index in [4.69, 9.17) is 34.8 Å². The number of likely N-dealkylation sites (N-methyl/N-ethyl adjacent to an activating group) is 1. The largest absolute Gasteiger partial charge is 0.355 e. The van der Waals surface area contributed by atoms with Crippen molar-refractivity contribution in [3.8, 4) is 0 Å². The first-order valence-corrected chi connectivity index (χ1v) is 14.5. The fourth-order valence-electron chi connectivity index (χ4n) is 3.92. The SMILES string of the molecule is CCNC(=O)[C@H](CC)N(Cc1c(Cl)cccc1Cl)C(=O)CN(c1ccccc1)S(=O)(=O)c1ccc(Cl)cc1. The topological polar surface area (TPSA) is 86.8 Å². The number of nitrogens with one attached hydrogen (secondary N) is 1. The number of carbonyl (C=O) groups excluding carboxylic acids is 2. The highest BCUT2D eigenvalue weighted by Crippen LogP contribution is 2.29. The van der Waals surface area contributed by atoms with Crippen molar-refractivity contribution >= 4 is 62.3 Å². The zero-order chi connectivity index (χ0) is 27.9. The molecule has 0 aromatic heterocycles. The fourth-order valence-corrected chi connectivity index (χ4v) is 5.98. The molecule has 1 N–H and O–H groups in total. The van der Waals surface area contributed by atoms with Crippen molar-refractivity contribution in [3.63, 3.8) is 0 Å². The van der Waals surface area contributed by atoms with Crippen molar-refractivity contribution in [1.82, 2.24) is 10.2 Å². The van der Waals surface area contributed by atoms with Gasteiger partial charge in [-0.15, -0.1) is 0 Å². The molecule has 3 rings (SSSR count). The summed E-state index contributed by atoms with van der Waals surface area (Å²) in [4.78, 5) is 28.2. The quantitative estimate of drug-likeness (QED) is 0.304. The van der Waals surface area contributed by atoms with Gasteiger partial charge in [0.15, 0.2) is 0 Å². The van der Waals surface area contributed by atoms with Crippen LogP contribution in [0.2, 0.25) is 15.1 Å². The second-order valence-corrected chi connectivity index (χ2v) is 11.5. The molecule has 3 aromatic rings. The maximum absolute atomic E-state index is 13.9. The number of carbonyl (C=O) groups is 2. The van der Waals surface area contributed by atoms with E-state index >= 15 is 0 Å². The Morgan fingerprint density at radius 1 is 0.868 bits per heavy atom. The Labute approximate surface area is 238 Å². The van der Waals surface area contributed by atoms with Crippen molar-refractivity contribution in [3.05, 3.63) is 93.4 Å². The molecule has 38 heavy (non-hydrogen) atoms. The molecule has 0 aliphatic carbocycles. The molecular formula is C27H28Cl3N3O4S. The predicted molar refractivity (Wildman–Crippen MR) is 152 cm³/mol. The molecule has 1 atom stereocenters. The van der Waals surface area contributed by atoms with Crippen LogP contribution in [0.4, 0.5) is 5.69 Å². The first kappa shape index (κ1) is 29.8. The molecule has 11 heteroatoms. The van der Waals surface area contributed by atoms with Gasteiger partial charge in [0.25, 0.3) is 10.0 Å². The molecule has 0 heterocycles. The Bertz CT molecular complexity index is 1350. The molecule has 0 bridgehead atoms. The molecule has 202 valence electrons. The van der Waals surface area contributed by atoms with Crippen LogP contribution >= 0.6 is 34.8 Å². The molecule has 3 aromatic carbocycles. The van der Waals surface area contributed by atoms with Crippen molar-refractivity contribution in [2.45, 2.75) is 37.8 Å². The van der Waals surface area contributed by atoms with Gasteiger partial charge in [-0.3, -0.25) is 13.9 Å². The van der Waals surface area contributed by atoms with E-state index in [0.717, 1.165) is 4.31 Å². The summed E-state index contributed by atoms with van der Waals surface area (Å²) in [6.07, 6.45) is 0.287. The second kappa shape index (κ2) is 13.3. The highest BCUT2D eigenvalue weighted by molar-refractivity contribution is 7.92. The van der Waals surface area contributed by atoms with Crippen LogP contribution in [-0.4, -0.2) is 44.3 Å². The van der Waals surface area contributed by atoms with Crippen LogP contribution in [0.1, 0.15) is 25.8 Å². The van der Waals surface area contributed by atoms with Gasteiger partial charge in [0.2, 0.25) is 11.8 Å². The van der Waals surface area contributed by atoms with Crippen molar-refractivity contribution < 1.29 is 18.0 Å². The number of sulfonamides is 1. The van der Waals surface area contributed by atoms with Crippen molar-refractivity contribution in [2.24, 2.45) is 0 Å². The van der Waals surface area contributed by atoms with Crippen LogP contribution in [0.5, 0.6) is 0 Å². The van der Waals surface area contributed by atoms with Gasteiger partial charge in [0.1, 0.15) is 12.6 Å². The van der Waals surface area contributed by atoms with Crippen LogP contribution in [0.15, 0.2) is 77.7 Å². The molecule has 7 nitrogen and oxygen atoms in total. The third-order valence-corrected chi connectivity index (χ3v) is 8.60. The molecule has 0 fully saturated rings. The third kappa shape index (κ3) is 6.99. The van der Waals surface area contributed by atoms with E-state index in [1.165, 1.54) is 29.2 Å². The van der Waals surface area contributed by atoms with E-state index in [1.807, 2.05) is 0 Å². The number of amides is 2. The summed E-state index contributed by atoms with van der Waals surface area (Å²) < 4.78 is 28.5. The Morgan fingerprint density at radius 2 is 1.47 bits per heavy atom. The lowest BCUT2D eigenvalue weighted by Gasteiger charge is -2.33. The molecule has 0 aliphatic rings. The minimum atomic E-state index is -4.18. The standard InChI is InChI=1S/C27H28Cl3N3O4S/c1-3-25(27(35)31-4-2)32(17-22-23(29)11-8-12-24(22)30)26(34)18-33(20-9-6-5-7-10-20)38(36,37)21-15-13-19(28)14-16-21/h5-16,25H,3-4,17-18H2,1-2H3,(H,31,35)/t25-/m0/s1. The van der Waals surface area contributed by atoms with Gasteiger partial charge in [0.05, 0.1) is 10.6 Å². The molecule has 0 radical (unpaired) electrons. The second-order valence-electron chi connectivity index (χ2n) is 8.34. The summed E-state index contributed by atoms with van der Waals surface area (Å²) in [7, 11) is -4.18. The molecule has 2 amide bonds. The zero-order valence-electron chi connectivity index (χ0n) is 20.9. The third-order valence-electron chi connectivity index (χ3n) is 5.85. The maximum Gasteiger partial charge on any atom is 0.264 e. The number of para-hydroxylation sites is 1. The number of benzene rings is 3. The van der Waals surface area contributed by atoms with Gasteiger partial charge < -0.3 is 10.2 Å². The van der Waals surface area contributed by atoms with Gasteiger partial charge in [-0.1, -0.05) is 66.0 Å². The van der Waals surface area contributed by atoms with E-state index in [-0.39, 0.29) is 29.5 Å². The number of rotatable bonds is 11. The van der Waals surface area contributed by atoms with Crippen LogP contribution < -0.4 is 9.62 Å². The number of hydrogen-bond donors (Lipinski definition) is 1. The van der Waals surface area contributed by atoms with Crippen LogP contribution in [0.25, 0.3) is 0 Å². The van der Waals surface area contributed by atoms with E-state index in [9.17, 15) is 18.0 Å². The van der Waals surface area contributed by atoms with Gasteiger partial charge >= 0.3 is 0 Å². The Balaban J connectivity index is 2.07. The van der Waals surface area contributed by atoms with Gasteiger partial charge in [-0.25, -0.2) is 8.42 Å². The number of halogens is 3. The predicted octanol–water partition coefficient (Wildman–Crippen LogP) is 5.79. The summed E-state index contributed by atoms with van der Waals surface area (Å²) in [6, 6.07) is 18.0. The molecule has 0 unspecified atom stereocenters. The van der Waals surface area contributed by atoms with E-state index in [1.54, 1.807) is 62.4 Å². The lowest BCUT2D eigenvalue weighted by Crippen LogP contribution is -2.52. The van der Waals surface area contributed by atoms with E-state index < -0.39 is 28.5 Å². The highest BCUT2D eigenvalue weighted by atomic mass is 35.5. The Kier molecular flexibility index (Phi) is 10.4. The van der Waals surface area contributed by atoms with Crippen LogP contribution in [0, 0.1) is 0 Å². The average Bonchev–Trinajstić information content (AvgIpc) is 2.89. The minimum absolute atomic E-state index is 0.0324. The lowest BCUT2D eigenvalue weighted by molar-refractivity contribution is -0.140. The van der Waals surface area contributed by atoms with E-state index in [2.05, 4.69) is 5.32 Å². The maximum atomic E-state index is 13.9. The minimum Gasteiger partial charge on any atom is -0.355 e. The lowest BCUT2D eigenvalue weighted by atomic mass is 10.1. The molecule has 0 saturated carbocycles. The normalized spacial score (nSPS) is 12.0. The summed E-state index contributed by atoms with van der Waals surface area (Å²) in [5, 5.41) is 3.78. The van der Waals surface area contributed by atoms with Crippen LogP contribution in [0.3, 0.4) is 0 Å². The van der Waals surface area contributed by atoms with Gasteiger partial charge in [0, 0.05) is 33.7 Å². The summed E-state index contributed by atoms with van der Waals surface area (Å²) >= 11 is 18.8. The van der Waals surface area contributed by atoms with E-state index in [0.29, 0.717) is 27.2 Å². The monoisotopic (exact) mass is 595 g/mol. The summed E-state index contributed by atoms with van der Waals surface area (Å²) in [6.45, 7) is 3.26. The van der Waals surface area contributed by atoms with Crippen molar-refractivity contribution in [1.29, 1.82) is 0 Å². The highest BCUT2D eigenvalue weighted by Gasteiger charge is 2.34. The molecule has 0 saturated heterocycles. The zero-order valence-corrected chi connectivity index (χ0v) is 24.0. The average molecular weight is 597 g/mol. The Morgan fingerprint density at radius 3 is 2.03 bits per heavy atom. The number of nitrogens with zero attached hydrogens (tertiary/aromatic N) is 2. The fraction of sp³-hybridized carbons (Fsp3) is 0.259. The first-order chi connectivity index (χ1) is 18.1. The van der Waals surface area contributed by atoms with Crippen LogP contribution in [-0.2, 0) is 26.2 Å². The molecular weight excluding hydrogens is 569 g/mol. The van der Waals surface area contributed by atoms with Gasteiger partial charge in [-0.2, -0.15) is 0 Å². The first-order valence-electron chi connectivity index (χ1n) is 11.9. The smallest absolute Gasteiger partial charge is 0.264 e. The summed E-state index contributed by atoms with van der Waals surface area (Å²) in [5.74, 6) is -0.959. The summed E-state index contributed by atoms with van der Waals surface area (Å²) in [5.41, 5.74) is 0.747. The molecule has 0 spiro atoms. The van der Waals surface area contributed by atoms with Crippen molar-refractivity contribution in [2.75, 3.05) is 17.4 Å². The number of anilines is 1.